The fourth-order valence-electron chi connectivity index (χ4n) is 2.83. The molecule has 1 amide bonds. The van der Waals surface area contributed by atoms with Crippen LogP contribution in [0.5, 0.6) is 0 Å². The Morgan fingerprint density at radius 3 is 2.68 bits per heavy atom. The molecule has 9 nitrogen and oxygen atoms in total. The van der Waals surface area contributed by atoms with Crippen LogP contribution in [0.25, 0.3) is 0 Å². The number of hydrogen-bond acceptors (Lipinski definition) is 7. The van der Waals surface area contributed by atoms with Gasteiger partial charge in [0.05, 0.1) is 18.0 Å². The Balaban J connectivity index is 1.45. The molecule has 1 aromatic carbocycles. The summed E-state index contributed by atoms with van der Waals surface area (Å²) in [4.78, 5) is 29.1. The lowest BCUT2D eigenvalue weighted by atomic mass is 10.1. The first kappa shape index (κ1) is 19.4. The maximum atomic E-state index is 11.8. The van der Waals surface area contributed by atoms with Crippen LogP contribution in [0.2, 0.25) is 0 Å². The summed E-state index contributed by atoms with van der Waals surface area (Å²) in [6, 6.07) is 9.39. The third kappa shape index (κ3) is 5.31. The summed E-state index contributed by atoms with van der Waals surface area (Å²) in [7, 11) is 0. The molecule has 0 unspecified atom stereocenters. The van der Waals surface area contributed by atoms with Gasteiger partial charge in [-0.1, -0.05) is 12.1 Å². The lowest BCUT2D eigenvalue weighted by molar-refractivity contribution is 0.0589. The third-order valence-corrected chi connectivity index (χ3v) is 4.36. The molecule has 0 saturated carbocycles. The maximum Gasteiger partial charge on any atom is 0.517 e. The van der Waals surface area contributed by atoms with Gasteiger partial charge in [0.15, 0.2) is 0 Å². The number of benzene rings is 1. The summed E-state index contributed by atoms with van der Waals surface area (Å²) in [5, 5.41) is 12.0. The molecule has 2 heterocycles. The van der Waals surface area contributed by atoms with E-state index in [4.69, 9.17) is 14.7 Å². The van der Waals surface area contributed by atoms with Crippen LogP contribution < -0.4 is 5.32 Å². The first-order valence-electron chi connectivity index (χ1n) is 8.98. The minimum atomic E-state index is -0.998. The van der Waals surface area contributed by atoms with Crippen molar-refractivity contribution in [3.05, 3.63) is 53.6 Å². The van der Waals surface area contributed by atoms with Crippen molar-refractivity contribution < 1.29 is 19.1 Å². The van der Waals surface area contributed by atoms with Gasteiger partial charge in [-0.15, -0.1) is 0 Å². The van der Waals surface area contributed by atoms with Crippen molar-refractivity contribution in [1.29, 1.82) is 5.26 Å². The molecule has 146 valence electrons. The monoisotopic (exact) mass is 383 g/mol. The molecule has 1 saturated heterocycles. The van der Waals surface area contributed by atoms with E-state index in [2.05, 4.69) is 16.4 Å². The molecule has 0 spiro atoms. The summed E-state index contributed by atoms with van der Waals surface area (Å²) in [5.74, 6) is 0. The van der Waals surface area contributed by atoms with Crippen molar-refractivity contribution in [3.63, 3.8) is 0 Å². The minimum absolute atomic E-state index is 0.0761. The van der Waals surface area contributed by atoms with Gasteiger partial charge >= 0.3 is 12.2 Å². The molecule has 0 bridgehead atoms. The lowest BCUT2D eigenvalue weighted by Gasteiger charge is -2.25. The predicted octanol–water partition coefficient (Wildman–Crippen LogP) is 1.52. The number of imidazole rings is 1. The van der Waals surface area contributed by atoms with Gasteiger partial charge in [-0.3, -0.25) is 0 Å². The van der Waals surface area contributed by atoms with Crippen LogP contribution in [-0.4, -0.2) is 59.5 Å². The van der Waals surface area contributed by atoms with E-state index in [-0.39, 0.29) is 6.61 Å². The number of carbonyl (C=O) groups is 2. The summed E-state index contributed by atoms with van der Waals surface area (Å²) in [5.41, 5.74) is 2.52. The number of nitriles is 1. The third-order valence-electron chi connectivity index (χ3n) is 4.36. The Labute approximate surface area is 162 Å². The fraction of sp³-hybridized carbons (Fsp3) is 0.368. The Morgan fingerprint density at radius 1 is 1.21 bits per heavy atom. The van der Waals surface area contributed by atoms with Crippen LogP contribution in [0.15, 0.2) is 36.8 Å². The van der Waals surface area contributed by atoms with Gasteiger partial charge in [-0.2, -0.15) is 5.26 Å². The van der Waals surface area contributed by atoms with Crippen molar-refractivity contribution in [3.8, 4) is 6.07 Å². The van der Waals surface area contributed by atoms with Crippen LogP contribution in [0.3, 0.4) is 0 Å². The summed E-state index contributed by atoms with van der Waals surface area (Å²) < 4.78 is 11.6. The molecule has 1 aliphatic heterocycles. The van der Waals surface area contributed by atoms with E-state index >= 15 is 0 Å². The number of nitrogens with one attached hydrogen (secondary N) is 1. The zero-order valence-electron chi connectivity index (χ0n) is 15.3. The van der Waals surface area contributed by atoms with Gasteiger partial charge in [0.2, 0.25) is 0 Å². The molecule has 1 aliphatic rings. The topological polar surface area (TPSA) is 109 Å². The first-order valence-corrected chi connectivity index (χ1v) is 8.98. The number of amides is 1. The number of hydrogen-bond donors (Lipinski definition) is 1. The number of ether oxygens (including phenoxy) is 2. The van der Waals surface area contributed by atoms with Crippen molar-refractivity contribution in [2.75, 3.05) is 32.8 Å². The van der Waals surface area contributed by atoms with Crippen LogP contribution in [0.4, 0.5) is 9.59 Å². The molecule has 0 atom stereocenters. The highest BCUT2D eigenvalue weighted by molar-refractivity contribution is 5.80. The predicted molar refractivity (Wildman–Crippen MR) is 98.5 cm³/mol. The number of piperazine rings is 1. The zero-order chi connectivity index (χ0) is 19.8. The quantitative estimate of drug-likeness (QED) is 0.616. The second kappa shape index (κ2) is 9.53. The smallest absolute Gasteiger partial charge is 0.433 e. The number of aromatic nitrogens is 2. The normalized spacial score (nSPS) is 13.6. The number of rotatable bonds is 5. The van der Waals surface area contributed by atoms with E-state index in [1.165, 1.54) is 4.90 Å². The van der Waals surface area contributed by atoms with Crippen LogP contribution in [0, 0.1) is 11.3 Å². The van der Waals surface area contributed by atoms with Crippen molar-refractivity contribution in [1.82, 2.24) is 19.8 Å². The highest BCUT2D eigenvalue weighted by Gasteiger charge is 2.21. The molecular weight excluding hydrogens is 362 g/mol. The van der Waals surface area contributed by atoms with Gasteiger partial charge in [0.1, 0.15) is 6.61 Å². The van der Waals surface area contributed by atoms with Crippen LogP contribution >= 0.6 is 0 Å². The summed E-state index contributed by atoms with van der Waals surface area (Å²) in [6.07, 6.45) is 2.15. The molecule has 28 heavy (non-hydrogen) atoms. The maximum absolute atomic E-state index is 11.8. The SMILES string of the molecule is N#Cc1ccc(Cn2cncc2CCOC(=O)OC(=O)N2CCNCC2)cc1. The Bertz CT molecular complexity index is 850. The number of nitrogens with zero attached hydrogens (tertiary/aromatic N) is 4. The van der Waals surface area contributed by atoms with E-state index < -0.39 is 12.2 Å². The average Bonchev–Trinajstić information content (AvgIpc) is 3.16. The van der Waals surface area contributed by atoms with E-state index in [0.717, 1.165) is 11.3 Å². The average molecular weight is 383 g/mol. The van der Waals surface area contributed by atoms with E-state index in [1.54, 1.807) is 24.7 Å². The van der Waals surface area contributed by atoms with Gasteiger partial charge in [0, 0.05) is 51.0 Å². The Morgan fingerprint density at radius 2 is 1.96 bits per heavy atom. The molecule has 1 fully saturated rings. The van der Waals surface area contributed by atoms with Crippen LogP contribution in [-0.2, 0) is 22.4 Å². The van der Waals surface area contributed by atoms with Crippen molar-refractivity contribution in [2.24, 2.45) is 0 Å². The molecular formula is C19H21N5O4. The van der Waals surface area contributed by atoms with Gasteiger partial charge in [0.25, 0.3) is 0 Å². The lowest BCUT2D eigenvalue weighted by Crippen LogP contribution is -2.47. The van der Waals surface area contributed by atoms with E-state index in [9.17, 15) is 9.59 Å². The van der Waals surface area contributed by atoms with Crippen molar-refractivity contribution >= 4 is 12.2 Å². The molecule has 3 rings (SSSR count). The van der Waals surface area contributed by atoms with Crippen LogP contribution in [0.1, 0.15) is 16.8 Å². The van der Waals surface area contributed by atoms with E-state index in [1.807, 2.05) is 16.7 Å². The largest absolute Gasteiger partial charge is 0.517 e. The summed E-state index contributed by atoms with van der Waals surface area (Å²) >= 11 is 0. The standard InChI is InChI=1S/C19H21N5O4/c20-11-15-1-3-16(4-2-15)13-24-14-22-12-17(24)5-10-27-19(26)28-18(25)23-8-6-21-7-9-23/h1-4,12,14,21H,5-10,13H2. The van der Waals surface area contributed by atoms with Gasteiger partial charge in [-0.25, -0.2) is 14.6 Å². The molecule has 9 heteroatoms. The van der Waals surface area contributed by atoms with Gasteiger partial charge in [-0.05, 0) is 17.7 Å². The highest BCUT2D eigenvalue weighted by atomic mass is 16.7. The highest BCUT2D eigenvalue weighted by Crippen LogP contribution is 2.09. The Kier molecular flexibility index (Phi) is 6.59. The minimum Gasteiger partial charge on any atom is -0.433 e. The second-order valence-electron chi connectivity index (χ2n) is 6.28. The number of carbonyl (C=O) groups excluding carboxylic acids is 2. The molecule has 1 aromatic heterocycles. The molecule has 2 aromatic rings. The van der Waals surface area contributed by atoms with E-state index in [0.29, 0.717) is 44.7 Å². The first-order chi connectivity index (χ1) is 13.7. The molecule has 1 N–H and O–H groups in total. The van der Waals surface area contributed by atoms with Crippen molar-refractivity contribution in [2.45, 2.75) is 13.0 Å². The Hall–Kier alpha value is -3.38. The summed E-state index contributed by atoms with van der Waals surface area (Å²) in [6.45, 7) is 3.02. The molecule has 0 aliphatic carbocycles. The molecule has 0 radical (unpaired) electrons. The van der Waals surface area contributed by atoms with Gasteiger partial charge < -0.3 is 24.3 Å². The zero-order valence-corrected chi connectivity index (χ0v) is 15.3. The fourth-order valence-corrected chi connectivity index (χ4v) is 2.83. The second-order valence-corrected chi connectivity index (χ2v) is 6.28.